The van der Waals surface area contributed by atoms with Crippen LogP contribution in [0.5, 0.6) is 0 Å². The molecule has 5 nitrogen and oxygen atoms in total. The van der Waals surface area contributed by atoms with E-state index in [1.54, 1.807) is 0 Å². The van der Waals surface area contributed by atoms with Crippen molar-refractivity contribution in [3.8, 4) is 0 Å². The maximum atomic E-state index is 4.10. The highest BCUT2D eigenvalue weighted by Gasteiger charge is 2.00. The highest BCUT2D eigenvalue weighted by molar-refractivity contribution is 5.67. The lowest BCUT2D eigenvalue weighted by atomic mass is 10.6. The van der Waals surface area contributed by atoms with Crippen molar-refractivity contribution in [2.24, 2.45) is 0 Å². The summed E-state index contributed by atoms with van der Waals surface area (Å²) in [4.78, 5) is 0. The topological polar surface area (TPSA) is 59.4 Å². The van der Waals surface area contributed by atoms with Gasteiger partial charge in [0.1, 0.15) is 5.52 Å². The van der Waals surface area contributed by atoms with E-state index in [9.17, 15) is 0 Å². The molecule has 0 aliphatic heterocycles. The van der Waals surface area contributed by atoms with Gasteiger partial charge in [0.25, 0.3) is 0 Å². The van der Waals surface area contributed by atoms with Crippen molar-refractivity contribution in [3.63, 3.8) is 0 Å². The molecule has 54 valence electrons. The van der Waals surface area contributed by atoms with Gasteiger partial charge in [-0.15, -0.1) is 10.2 Å². The lowest BCUT2D eigenvalue weighted by Crippen LogP contribution is -1.93. The maximum Gasteiger partial charge on any atom is 0.222 e. The largest absolute Gasteiger partial charge is 0.269 e. The van der Waals surface area contributed by atoms with Crippen molar-refractivity contribution >= 4 is 11.2 Å². The van der Waals surface area contributed by atoms with Crippen molar-refractivity contribution in [2.75, 3.05) is 0 Å². The Balaban J connectivity index is 0.000000605. The molecule has 0 bridgehead atoms. The molecule has 0 radical (unpaired) electrons. The quantitative estimate of drug-likeness (QED) is 0.622. The summed E-state index contributed by atoms with van der Waals surface area (Å²) in [5, 5.41) is 14.2. The van der Waals surface area contributed by atoms with Crippen LogP contribution in [0.4, 0.5) is 0 Å². The molecule has 0 aromatic carbocycles. The molecule has 1 N–H and O–H groups in total. The molecule has 0 fully saturated rings. The fourth-order valence-electron chi connectivity index (χ4n) is 0.852. The molecule has 0 aliphatic rings. The van der Waals surface area contributed by atoms with E-state index in [2.05, 4.69) is 20.5 Å². The molecule has 10 heavy (non-hydrogen) atoms. The standard InChI is InChI=1S/C5H7N5.H2/c1-2-10-3-4-5(8-10)7-9-6-4;/h3H,2H2,1H3,(H,6,7,8);1H. The van der Waals surface area contributed by atoms with Crippen LogP contribution in [-0.2, 0) is 6.54 Å². The second kappa shape index (κ2) is 1.80. The number of rotatable bonds is 1. The molecule has 2 heterocycles. The van der Waals surface area contributed by atoms with E-state index in [1.165, 1.54) is 0 Å². The third-order valence-electron chi connectivity index (χ3n) is 1.38. The minimum atomic E-state index is 0. The normalized spacial score (nSPS) is 10.9. The summed E-state index contributed by atoms with van der Waals surface area (Å²) in [6, 6.07) is 0. The number of nitrogens with zero attached hydrogens (tertiary/aromatic N) is 4. The predicted molar refractivity (Wildman–Crippen MR) is 37.5 cm³/mol. The first-order valence-electron chi connectivity index (χ1n) is 3.14. The van der Waals surface area contributed by atoms with E-state index in [0.29, 0.717) is 5.65 Å². The van der Waals surface area contributed by atoms with E-state index >= 15 is 0 Å². The monoisotopic (exact) mass is 139 g/mol. The Morgan fingerprint density at radius 1 is 1.80 bits per heavy atom. The third kappa shape index (κ3) is 0.601. The number of aryl methyl sites for hydroxylation is 1. The molecule has 0 aliphatic carbocycles. The lowest BCUT2D eigenvalue weighted by molar-refractivity contribution is 0.661. The summed E-state index contributed by atoms with van der Waals surface area (Å²) in [5.41, 5.74) is 1.57. The van der Waals surface area contributed by atoms with Gasteiger partial charge in [-0.1, -0.05) is 5.21 Å². The van der Waals surface area contributed by atoms with Gasteiger partial charge in [0, 0.05) is 7.97 Å². The van der Waals surface area contributed by atoms with Crippen molar-refractivity contribution in [2.45, 2.75) is 13.5 Å². The number of hydrogen-bond donors (Lipinski definition) is 1. The van der Waals surface area contributed by atoms with E-state index in [0.717, 1.165) is 12.1 Å². The summed E-state index contributed by atoms with van der Waals surface area (Å²) in [5.74, 6) is 0. The van der Waals surface area contributed by atoms with Gasteiger partial charge in [0.2, 0.25) is 5.65 Å². The second-order valence-electron chi connectivity index (χ2n) is 2.03. The smallest absolute Gasteiger partial charge is 0.222 e. The Morgan fingerprint density at radius 2 is 2.70 bits per heavy atom. The number of aromatic amines is 1. The minimum Gasteiger partial charge on any atom is -0.269 e. The van der Waals surface area contributed by atoms with Gasteiger partial charge >= 0.3 is 0 Å². The molecular weight excluding hydrogens is 130 g/mol. The lowest BCUT2D eigenvalue weighted by Gasteiger charge is -1.88. The highest BCUT2D eigenvalue weighted by atomic mass is 15.4. The maximum absolute atomic E-state index is 4.10. The molecule has 2 rings (SSSR count). The van der Waals surface area contributed by atoms with E-state index in [1.807, 2.05) is 17.8 Å². The summed E-state index contributed by atoms with van der Waals surface area (Å²) < 4.78 is 1.82. The van der Waals surface area contributed by atoms with Gasteiger partial charge in [0.15, 0.2) is 0 Å². The minimum absolute atomic E-state index is 0. The van der Waals surface area contributed by atoms with Crippen LogP contribution in [0.15, 0.2) is 6.20 Å². The van der Waals surface area contributed by atoms with Crippen LogP contribution in [0.3, 0.4) is 0 Å². The zero-order chi connectivity index (χ0) is 6.97. The van der Waals surface area contributed by atoms with Crippen LogP contribution in [0.25, 0.3) is 11.2 Å². The first kappa shape index (κ1) is 5.40. The fraction of sp³-hybridized carbons (Fsp3) is 0.400. The number of hydrogen-bond acceptors (Lipinski definition) is 3. The number of fused-ring (bicyclic) bond motifs is 1. The van der Waals surface area contributed by atoms with Crippen molar-refractivity contribution in [1.82, 2.24) is 25.2 Å². The Bertz CT molecular complexity index is 309. The fourth-order valence-corrected chi connectivity index (χ4v) is 0.852. The Hall–Kier alpha value is -1.39. The summed E-state index contributed by atoms with van der Waals surface area (Å²) >= 11 is 0. The van der Waals surface area contributed by atoms with E-state index in [-0.39, 0.29) is 1.43 Å². The first-order valence-corrected chi connectivity index (χ1v) is 3.14. The zero-order valence-electron chi connectivity index (χ0n) is 5.57. The van der Waals surface area contributed by atoms with Gasteiger partial charge < -0.3 is 0 Å². The third-order valence-corrected chi connectivity index (χ3v) is 1.38. The van der Waals surface area contributed by atoms with Gasteiger partial charge in [-0.25, -0.2) is 0 Å². The van der Waals surface area contributed by atoms with Gasteiger partial charge in [-0.05, 0) is 6.92 Å². The van der Waals surface area contributed by atoms with E-state index in [4.69, 9.17) is 0 Å². The molecule has 0 spiro atoms. The van der Waals surface area contributed by atoms with Crippen LogP contribution >= 0.6 is 0 Å². The summed E-state index contributed by atoms with van der Waals surface area (Å²) in [7, 11) is 0. The Labute approximate surface area is 58.5 Å². The van der Waals surface area contributed by atoms with Crippen LogP contribution in [0.1, 0.15) is 8.35 Å². The molecule has 5 heteroatoms. The summed E-state index contributed by atoms with van der Waals surface area (Å²) in [6.45, 7) is 2.89. The molecule has 0 unspecified atom stereocenters. The molecule has 0 saturated carbocycles. The molecule has 0 amide bonds. The van der Waals surface area contributed by atoms with Gasteiger partial charge in [0.05, 0.1) is 6.20 Å². The SMILES string of the molecule is CCn1cc2[nH]nnc2n1.[HH]. The first-order chi connectivity index (χ1) is 4.90. The Kier molecular flexibility index (Phi) is 0.969. The average Bonchev–Trinajstić information content (AvgIpc) is 2.42. The van der Waals surface area contributed by atoms with Crippen LogP contribution < -0.4 is 0 Å². The second-order valence-corrected chi connectivity index (χ2v) is 2.03. The van der Waals surface area contributed by atoms with Crippen LogP contribution in [-0.4, -0.2) is 25.2 Å². The molecule has 0 atom stereocenters. The highest BCUT2D eigenvalue weighted by Crippen LogP contribution is 2.02. The molecule has 0 saturated heterocycles. The number of aromatic nitrogens is 5. The molecule has 2 aromatic heterocycles. The predicted octanol–water partition coefficient (Wildman–Crippen LogP) is 0.420. The van der Waals surface area contributed by atoms with Gasteiger partial charge in [-0.2, -0.15) is 0 Å². The van der Waals surface area contributed by atoms with E-state index < -0.39 is 0 Å². The number of nitrogens with one attached hydrogen (secondary N) is 1. The summed E-state index contributed by atoms with van der Waals surface area (Å²) in [6.07, 6.45) is 1.88. The average molecular weight is 139 g/mol. The van der Waals surface area contributed by atoms with Crippen molar-refractivity contribution in [3.05, 3.63) is 6.20 Å². The van der Waals surface area contributed by atoms with Crippen molar-refractivity contribution < 1.29 is 1.43 Å². The zero-order valence-corrected chi connectivity index (χ0v) is 5.57. The van der Waals surface area contributed by atoms with Crippen LogP contribution in [0.2, 0.25) is 0 Å². The molecule has 2 aromatic rings. The van der Waals surface area contributed by atoms with Crippen molar-refractivity contribution in [1.29, 1.82) is 0 Å². The van der Waals surface area contributed by atoms with Crippen LogP contribution in [0, 0.1) is 0 Å². The molecular formula is C5H9N5. The van der Waals surface area contributed by atoms with Gasteiger partial charge in [-0.3, -0.25) is 9.78 Å². The Morgan fingerprint density at radius 3 is 3.40 bits per heavy atom. The number of H-pyrrole nitrogens is 1.